The van der Waals surface area contributed by atoms with Gasteiger partial charge in [-0.2, -0.15) is 0 Å². The molecule has 7 heteroatoms. The van der Waals surface area contributed by atoms with E-state index >= 15 is 0 Å². The van der Waals surface area contributed by atoms with Crippen LogP contribution in [0.15, 0.2) is 22.6 Å². The number of amides is 1. The van der Waals surface area contributed by atoms with Crippen LogP contribution in [0.3, 0.4) is 0 Å². The van der Waals surface area contributed by atoms with Crippen LogP contribution in [0.4, 0.5) is 11.7 Å². The minimum atomic E-state index is -0.318. The Morgan fingerprint density at radius 3 is 3.10 bits per heavy atom. The molecule has 2 heterocycles. The molecular formula is C14H14N4O3. The second kappa shape index (κ2) is 4.76. The lowest BCUT2D eigenvalue weighted by molar-refractivity contribution is 0.102. The van der Waals surface area contributed by atoms with Gasteiger partial charge < -0.3 is 14.5 Å². The molecular weight excluding hydrogens is 272 g/mol. The first-order chi connectivity index (χ1) is 10.3. The summed E-state index contributed by atoms with van der Waals surface area (Å²) >= 11 is 0. The molecule has 2 aliphatic rings. The molecule has 108 valence electrons. The number of aromatic nitrogens is 2. The molecule has 1 fully saturated rings. The van der Waals surface area contributed by atoms with Crippen LogP contribution in [-0.2, 0) is 0 Å². The maximum absolute atomic E-state index is 12.3. The monoisotopic (exact) mass is 286 g/mol. The topological polar surface area (TPSA) is 89.3 Å². The van der Waals surface area contributed by atoms with E-state index in [0.29, 0.717) is 29.7 Å². The van der Waals surface area contributed by atoms with Crippen molar-refractivity contribution in [3.05, 3.63) is 29.7 Å². The molecule has 0 unspecified atom stereocenters. The Bertz CT molecular complexity index is 693. The lowest BCUT2D eigenvalue weighted by Crippen LogP contribution is -2.22. The molecule has 2 N–H and O–H groups in total. The van der Waals surface area contributed by atoms with Crippen LogP contribution < -0.4 is 15.4 Å². The van der Waals surface area contributed by atoms with E-state index in [1.807, 2.05) is 6.07 Å². The molecule has 0 bridgehead atoms. The molecule has 0 saturated heterocycles. The molecule has 0 spiro atoms. The Hall–Kier alpha value is -2.57. The number of carbonyl (C=O) groups is 1. The maximum atomic E-state index is 12.3. The van der Waals surface area contributed by atoms with Gasteiger partial charge in [0.25, 0.3) is 5.91 Å². The molecule has 0 atom stereocenters. The zero-order valence-corrected chi connectivity index (χ0v) is 11.3. The van der Waals surface area contributed by atoms with E-state index in [-0.39, 0.29) is 11.9 Å². The summed E-state index contributed by atoms with van der Waals surface area (Å²) in [7, 11) is 0. The molecule has 7 nitrogen and oxygen atoms in total. The standard InChI is InChI=1S/C14H14N4O3/c19-12(16-14-18-17-13(21-14)8-4-5-8)9-2-1-3-10-11(9)20-7-6-15-10/h1-3,8,15H,4-7H2,(H,16,18,19). The van der Waals surface area contributed by atoms with Gasteiger partial charge in [0.05, 0.1) is 11.3 Å². The van der Waals surface area contributed by atoms with Crippen molar-refractivity contribution in [2.24, 2.45) is 0 Å². The fraction of sp³-hybridized carbons (Fsp3) is 0.357. The van der Waals surface area contributed by atoms with Gasteiger partial charge in [-0.15, -0.1) is 5.10 Å². The second-order valence-electron chi connectivity index (χ2n) is 5.13. The highest BCUT2D eigenvalue weighted by Gasteiger charge is 2.30. The van der Waals surface area contributed by atoms with E-state index in [9.17, 15) is 4.79 Å². The minimum Gasteiger partial charge on any atom is -0.489 e. The number of carbonyl (C=O) groups excluding carboxylic acids is 1. The van der Waals surface area contributed by atoms with Crippen molar-refractivity contribution in [2.45, 2.75) is 18.8 Å². The van der Waals surface area contributed by atoms with Gasteiger partial charge in [0.1, 0.15) is 6.61 Å². The highest BCUT2D eigenvalue weighted by atomic mass is 16.5. The zero-order chi connectivity index (χ0) is 14.2. The molecule has 1 saturated carbocycles. The summed E-state index contributed by atoms with van der Waals surface area (Å²) < 4.78 is 11.0. The van der Waals surface area contributed by atoms with E-state index in [1.54, 1.807) is 12.1 Å². The molecule has 21 heavy (non-hydrogen) atoms. The Labute approximate surface area is 120 Å². The first kappa shape index (κ1) is 12.2. The first-order valence-electron chi connectivity index (χ1n) is 6.96. The molecule has 2 aromatic rings. The van der Waals surface area contributed by atoms with Crippen LogP contribution in [0.5, 0.6) is 5.75 Å². The SMILES string of the molecule is O=C(Nc1nnc(C2CC2)o1)c1cccc2c1OCCN2. The smallest absolute Gasteiger partial charge is 0.322 e. The maximum Gasteiger partial charge on any atom is 0.322 e. The summed E-state index contributed by atoms with van der Waals surface area (Å²) in [5, 5.41) is 13.6. The number of nitrogens with zero attached hydrogens (tertiary/aromatic N) is 2. The van der Waals surface area contributed by atoms with Gasteiger partial charge in [-0.25, -0.2) is 0 Å². The predicted molar refractivity (Wildman–Crippen MR) is 74.7 cm³/mol. The third kappa shape index (κ3) is 2.31. The second-order valence-corrected chi connectivity index (χ2v) is 5.13. The lowest BCUT2D eigenvalue weighted by Gasteiger charge is -2.21. The highest BCUT2D eigenvalue weighted by Crippen LogP contribution is 2.39. The number of nitrogens with one attached hydrogen (secondary N) is 2. The predicted octanol–water partition coefficient (Wildman–Crippen LogP) is 2.00. The number of anilines is 2. The molecule has 1 aliphatic heterocycles. The lowest BCUT2D eigenvalue weighted by atomic mass is 10.1. The van der Waals surface area contributed by atoms with Crippen molar-refractivity contribution in [1.29, 1.82) is 0 Å². The third-order valence-corrected chi connectivity index (χ3v) is 3.51. The van der Waals surface area contributed by atoms with Crippen molar-refractivity contribution in [3.63, 3.8) is 0 Å². The van der Waals surface area contributed by atoms with E-state index in [0.717, 1.165) is 25.1 Å². The third-order valence-electron chi connectivity index (χ3n) is 3.51. The number of ether oxygens (including phenoxy) is 1. The average Bonchev–Trinajstić information content (AvgIpc) is 3.27. The van der Waals surface area contributed by atoms with Crippen LogP contribution in [0.2, 0.25) is 0 Å². The van der Waals surface area contributed by atoms with Gasteiger partial charge in [0, 0.05) is 12.5 Å². The van der Waals surface area contributed by atoms with E-state index in [4.69, 9.17) is 9.15 Å². The summed E-state index contributed by atoms with van der Waals surface area (Å²) in [6.45, 7) is 1.26. The average molecular weight is 286 g/mol. The van der Waals surface area contributed by atoms with Crippen LogP contribution >= 0.6 is 0 Å². The van der Waals surface area contributed by atoms with E-state index in [1.165, 1.54) is 0 Å². The fourth-order valence-electron chi connectivity index (χ4n) is 2.29. The summed E-state index contributed by atoms with van der Waals surface area (Å²) in [6, 6.07) is 5.52. The van der Waals surface area contributed by atoms with Crippen LogP contribution in [0, 0.1) is 0 Å². The summed E-state index contributed by atoms with van der Waals surface area (Å²) in [4.78, 5) is 12.3. The van der Waals surface area contributed by atoms with Crippen molar-refractivity contribution in [1.82, 2.24) is 10.2 Å². The highest BCUT2D eigenvalue weighted by molar-refractivity contribution is 6.06. The van der Waals surface area contributed by atoms with Gasteiger partial charge in [0.2, 0.25) is 5.89 Å². The Morgan fingerprint density at radius 2 is 2.24 bits per heavy atom. The van der Waals surface area contributed by atoms with Crippen LogP contribution in [-0.4, -0.2) is 29.3 Å². The van der Waals surface area contributed by atoms with Crippen molar-refractivity contribution in [3.8, 4) is 5.75 Å². The molecule has 0 radical (unpaired) electrons. The summed E-state index contributed by atoms with van der Waals surface area (Å²) in [6.07, 6.45) is 2.14. The molecule has 1 aliphatic carbocycles. The normalized spacial score (nSPS) is 16.6. The van der Waals surface area contributed by atoms with Gasteiger partial charge in [-0.1, -0.05) is 11.2 Å². The number of fused-ring (bicyclic) bond motifs is 1. The van der Waals surface area contributed by atoms with Gasteiger partial charge in [0.15, 0.2) is 5.75 Å². The fourth-order valence-corrected chi connectivity index (χ4v) is 2.29. The summed E-state index contributed by atoms with van der Waals surface area (Å²) in [5.41, 5.74) is 1.27. The molecule has 1 amide bonds. The summed E-state index contributed by atoms with van der Waals surface area (Å²) in [5.74, 6) is 1.20. The number of benzene rings is 1. The number of hydrogen-bond donors (Lipinski definition) is 2. The first-order valence-corrected chi connectivity index (χ1v) is 6.96. The zero-order valence-electron chi connectivity index (χ0n) is 11.3. The Balaban J connectivity index is 1.56. The quantitative estimate of drug-likeness (QED) is 0.897. The van der Waals surface area contributed by atoms with Crippen molar-refractivity contribution < 1.29 is 13.9 Å². The number of para-hydroxylation sites is 1. The van der Waals surface area contributed by atoms with Crippen molar-refractivity contribution in [2.75, 3.05) is 23.8 Å². The van der Waals surface area contributed by atoms with Gasteiger partial charge in [-0.3, -0.25) is 10.1 Å². The van der Waals surface area contributed by atoms with Gasteiger partial charge in [-0.05, 0) is 25.0 Å². The van der Waals surface area contributed by atoms with Crippen molar-refractivity contribution >= 4 is 17.6 Å². The Morgan fingerprint density at radius 1 is 1.33 bits per heavy atom. The van der Waals surface area contributed by atoms with Crippen LogP contribution in [0.1, 0.15) is 35.0 Å². The largest absolute Gasteiger partial charge is 0.489 e. The number of hydrogen-bond acceptors (Lipinski definition) is 6. The minimum absolute atomic E-state index is 0.128. The van der Waals surface area contributed by atoms with E-state index in [2.05, 4.69) is 20.8 Å². The van der Waals surface area contributed by atoms with Crippen LogP contribution in [0.25, 0.3) is 0 Å². The van der Waals surface area contributed by atoms with E-state index < -0.39 is 0 Å². The van der Waals surface area contributed by atoms with Gasteiger partial charge >= 0.3 is 6.01 Å². The molecule has 1 aromatic heterocycles. The Kier molecular flexibility index (Phi) is 2.77. The number of rotatable bonds is 3. The molecule has 4 rings (SSSR count). The molecule has 1 aromatic carbocycles.